The Labute approximate surface area is 179 Å². The van der Waals surface area contributed by atoms with Gasteiger partial charge in [-0.2, -0.15) is 23.1 Å². The lowest BCUT2D eigenvalue weighted by Gasteiger charge is -2.34. The maximum Gasteiger partial charge on any atom is 0.416 e. The van der Waals surface area contributed by atoms with Gasteiger partial charge in [-0.3, -0.25) is 10.1 Å². The number of halogens is 3. The number of nitro groups is 1. The number of urea groups is 1. The Morgan fingerprint density at radius 1 is 1.16 bits per heavy atom. The van der Waals surface area contributed by atoms with E-state index in [4.69, 9.17) is 9.47 Å². The summed E-state index contributed by atoms with van der Waals surface area (Å²) in [4.78, 5) is 32.3. The van der Waals surface area contributed by atoms with Crippen LogP contribution in [0.25, 0.3) is 5.57 Å². The summed E-state index contributed by atoms with van der Waals surface area (Å²) in [5.41, 5.74) is -1.50. The third-order valence-electron chi connectivity index (χ3n) is 4.96. The summed E-state index contributed by atoms with van der Waals surface area (Å²) in [6.07, 6.45) is -4.70. The number of nitrogens with one attached hydrogen (secondary N) is 1. The normalized spacial score (nSPS) is 16.7. The van der Waals surface area contributed by atoms with Crippen LogP contribution in [0.3, 0.4) is 0 Å². The minimum Gasteiger partial charge on any atom is -0.476 e. The Morgan fingerprint density at radius 2 is 1.72 bits per heavy atom. The molecule has 1 atom stereocenters. The highest BCUT2D eigenvalue weighted by molar-refractivity contribution is 5.87. The van der Waals surface area contributed by atoms with Gasteiger partial charge in [-0.05, 0) is 18.6 Å². The van der Waals surface area contributed by atoms with Gasteiger partial charge in [-0.15, -0.1) is 0 Å². The number of alkyl halides is 3. The lowest BCUT2D eigenvalue weighted by Crippen LogP contribution is -2.44. The molecule has 1 aliphatic heterocycles. The van der Waals surface area contributed by atoms with Crippen LogP contribution >= 0.6 is 0 Å². The maximum atomic E-state index is 13.7. The smallest absolute Gasteiger partial charge is 0.416 e. The molecule has 13 heteroatoms. The highest BCUT2D eigenvalue weighted by atomic mass is 19.4. The predicted octanol–water partition coefficient (Wildman–Crippen LogP) is 3.55. The molecular weight excluding hydrogens is 435 g/mol. The number of aromatic nitrogens is 2. The summed E-state index contributed by atoms with van der Waals surface area (Å²) in [6.45, 7) is 1.50. The molecule has 32 heavy (non-hydrogen) atoms. The lowest BCUT2D eigenvalue weighted by atomic mass is 9.90. The Balaban J connectivity index is 2.32. The summed E-state index contributed by atoms with van der Waals surface area (Å²) in [5.74, 6) is -1.09. The van der Waals surface area contributed by atoms with Crippen molar-refractivity contribution in [2.45, 2.75) is 19.1 Å². The van der Waals surface area contributed by atoms with E-state index in [0.717, 1.165) is 20.3 Å². The summed E-state index contributed by atoms with van der Waals surface area (Å²) in [7, 11) is 3.70. The molecule has 10 nitrogen and oxygen atoms in total. The average Bonchev–Trinajstić information content (AvgIpc) is 2.75. The fraction of sp³-hybridized carbons (Fsp3) is 0.316. The third-order valence-corrected chi connectivity index (χ3v) is 4.96. The van der Waals surface area contributed by atoms with Gasteiger partial charge in [0.1, 0.15) is 0 Å². The number of benzene rings is 1. The predicted molar refractivity (Wildman–Crippen MR) is 105 cm³/mol. The molecule has 0 saturated carbocycles. The van der Waals surface area contributed by atoms with Gasteiger partial charge < -0.3 is 19.7 Å². The molecule has 170 valence electrons. The fourth-order valence-electron chi connectivity index (χ4n) is 3.34. The van der Waals surface area contributed by atoms with Crippen molar-refractivity contribution in [3.63, 3.8) is 0 Å². The maximum absolute atomic E-state index is 13.7. The first-order valence-corrected chi connectivity index (χ1v) is 9.07. The fourth-order valence-corrected chi connectivity index (χ4v) is 3.34. The molecule has 0 aliphatic carbocycles. The molecule has 1 aliphatic rings. The SMILES string of the molecule is COc1nc(C2=C(C)N(C)C(=O)NC2c2ccccc2C(F)(F)F)nc(OC)c1[N+](=O)[O-]. The topological polar surface area (TPSA) is 120 Å². The third kappa shape index (κ3) is 3.88. The van der Waals surface area contributed by atoms with E-state index >= 15 is 0 Å². The van der Waals surface area contributed by atoms with E-state index in [9.17, 15) is 28.1 Å². The van der Waals surface area contributed by atoms with Crippen molar-refractivity contribution in [2.75, 3.05) is 21.3 Å². The molecule has 0 spiro atoms. The monoisotopic (exact) mass is 453 g/mol. The quantitative estimate of drug-likeness (QED) is 0.543. The molecule has 2 heterocycles. The molecule has 3 rings (SSSR count). The number of hydrogen-bond donors (Lipinski definition) is 1. The van der Waals surface area contributed by atoms with E-state index in [2.05, 4.69) is 15.3 Å². The second-order valence-corrected chi connectivity index (χ2v) is 6.70. The number of methoxy groups -OCH3 is 2. The Hall–Kier alpha value is -3.90. The van der Waals surface area contributed by atoms with Gasteiger partial charge >= 0.3 is 29.7 Å². The second kappa shape index (κ2) is 8.32. The Bertz CT molecular complexity index is 1090. The van der Waals surface area contributed by atoms with Crippen LogP contribution in [0.2, 0.25) is 0 Å². The molecule has 0 saturated heterocycles. The van der Waals surface area contributed by atoms with Gasteiger partial charge in [0.2, 0.25) is 0 Å². The van der Waals surface area contributed by atoms with Crippen LogP contribution in [0, 0.1) is 10.1 Å². The number of amides is 2. The van der Waals surface area contributed by atoms with Gasteiger partial charge in [-0.25, -0.2) is 4.79 Å². The van der Waals surface area contributed by atoms with Crippen LogP contribution in [-0.4, -0.2) is 47.1 Å². The number of rotatable bonds is 5. The first-order valence-electron chi connectivity index (χ1n) is 9.07. The van der Waals surface area contributed by atoms with Crippen LogP contribution in [0.1, 0.15) is 29.9 Å². The van der Waals surface area contributed by atoms with Gasteiger partial charge in [0.25, 0.3) is 0 Å². The van der Waals surface area contributed by atoms with Crippen molar-refractivity contribution in [3.05, 3.63) is 57.0 Å². The second-order valence-electron chi connectivity index (χ2n) is 6.70. The van der Waals surface area contributed by atoms with Gasteiger partial charge in [0.15, 0.2) is 5.82 Å². The van der Waals surface area contributed by atoms with Crippen molar-refractivity contribution >= 4 is 17.3 Å². The summed E-state index contributed by atoms with van der Waals surface area (Å²) in [5, 5.41) is 13.9. The molecule has 1 unspecified atom stereocenters. The number of ether oxygens (including phenoxy) is 2. The molecule has 0 radical (unpaired) electrons. The van der Waals surface area contributed by atoms with Gasteiger partial charge in [0.05, 0.1) is 30.7 Å². The number of hydrogen-bond acceptors (Lipinski definition) is 7. The molecule has 1 aromatic carbocycles. The van der Waals surface area contributed by atoms with E-state index in [-0.39, 0.29) is 22.7 Å². The average molecular weight is 453 g/mol. The number of carbonyl (C=O) groups is 1. The van der Waals surface area contributed by atoms with Crippen molar-refractivity contribution in [2.24, 2.45) is 0 Å². The first kappa shape index (κ1) is 22.8. The van der Waals surface area contributed by atoms with E-state index in [0.29, 0.717) is 0 Å². The molecular formula is C19H18F3N5O5. The Kier molecular flexibility index (Phi) is 5.92. The molecule has 2 amide bonds. The largest absolute Gasteiger partial charge is 0.476 e. The highest BCUT2D eigenvalue weighted by Gasteiger charge is 2.41. The zero-order valence-corrected chi connectivity index (χ0v) is 17.4. The Morgan fingerprint density at radius 3 is 2.22 bits per heavy atom. The zero-order valence-electron chi connectivity index (χ0n) is 17.4. The van der Waals surface area contributed by atoms with Crippen molar-refractivity contribution in [3.8, 4) is 11.8 Å². The summed E-state index contributed by atoms with van der Waals surface area (Å²) < 4.78 is 51.1. The van der Waals surface area contributed by atoms with Crippen LogP contribution in [-0.2, 0) is 6.18 Å². The molecule has 0 fully saturated rings. The first-order chi connectivity index (χ1) is 15.0. The molecule has 2 aromatic rings. The van der Waals surface area contributed by atoms with Gasteiger partial charge in [-0.1, -0.05) is 18.2 Å². The van der Waals surface area contributed by atoms with Crippen LogP contribution in [0.5, 0.6) is 11.8 Å². The van der Waals surface area contributed by atoms with Crippen LogP contribution in [0.4, 0.5) is 23.7 Å². The number of allylic oxidation sites excluding steroid dienone is 1. The summed E-state index contributed by atoms with van der Waals surface area (Å²) in [6, 6.07) is 2.81. The van der Waals surface area contributed by atoms with Crippen LogP contribution in [0.15, 0.2) is 30.0 Å². The molecule has 0 bridgehead atoms. The summed E-state index contributed by atoms with van der Waals surface area (Å²) >= 11 is 0. The standard InChI is InChI=1S/C19H18F3N5O5/c1-9-12(15-24-16(31-3)14(27(29)30)17(25-15)32-4)13(23-18(28)26(9)2)10-7-5-6-8-11(10)19(20,21)22/h5-8,13H,1-4H3,(H,23,28). The zero-order chi connectivity index (χ0) is 23.8. The highest BCUT2D eigenvalue weighted by Crippen LogP contribution is 2.43. The lowest BCUT2D eigenvalue weighted by molar-refractivity contribution is -0.387. The molecule has 1 N–H and O–H groups in total. The van der Waals surface area contributed by atoms with E-state index in [1.165, 1.54) is 37.1 Å². The number of nitrogens with zero attached hydrogens (tertiary/aromatic N) is 4. The van der Waals surface area contributed by atoms with E-state index in [1.54, 1.807) is 0 Å². The number of carbonyl (C=O) groups excluding carboxylic acids is 1. The molecule has 1 aromatic heterocycles. The van der Waals surface area contributed by atoms with E-state index < -0.39 is 46.2 Å². The van der Waals surface area contributed by atoms with Crippen molar-refractivity contribution in [1.29, 1.82) is 0 Å². The van der Waals surface area contributed by atoms with Crippen molar-refractivity contribution in [1.82, 2.24) is 20.2 Å². The van der Waals surface area contributed by atoms with Crippen LogP contribution < -0.4 is 14.8 Å². The minimum atomic E-state index is -4.70. The minimum absolute atomic E-state index is 0.0929. The van der Waals surface area contributed by atoms with E-state index in [1.807, 2.05) is 0 Å². The van der Waals surface area contributed by atoms with Gasteiger partial charge in [0, 0.05) is 18.3 Å². The van der Waals surface area contributed by atoms with Crippen molar-refractivity contribution < 1.29 is 32.4 Å².